The highest BCUT2D eigenvalue weighted by molar-refractivity contribution is 5.15. The molecule has 0 aromatic carbocycles. The summed E-state index contributed by atoms with van der Waals surface area (Å²) >= 11 is 0. The molecule has 1 aromatic heterocycles. The van der Waals surface area contributed by atoms with E-state index in [4.69, 9.17) is 0 Å². The third-order valence-corrected chi connectivity index (χ3v) is 3.65. The van der Waals surface area contributed by atoms with Crippen molar-refractivity contribution in [2.24, 2.45) is 7.05 Å². The smallest absolute Gasteiger partial charge is 0.0613 e. The molecular formula is C12H23N3O. The minimum Gasteiger partial charge on any atom is -0.394 e. The normalized spacial score (nSPS) is 12.1. The zero-order chi connectivity index (χ0) is 12.2. The van der Waals surface area contributed by atoms with E-state index < -0.39 is 0 Å². The summed E-state index contributed by atoms with van der Waals surface area (Å²) < 4.78 is 1.87. The number of aryl methyl sites for hydroxylation is 1. The van der Waals surface area contributed by atoms with Crippen LogP contribution in [0.4, 0.5) is 0 Å². The van der Waals surface area contributed by atoms with Gasteiger partial charge < -0.3 is 10.4 Å². The molecule has 0 amide bonds. The van der Waals surface area contributed by atoms with Gasteiger partial charge in [-0.05, 0) is 19.8 Å². The van der Waals surface area contributed by atoms with Crippen LogP contribution in [0.15, 0.2) is 6.20 Å². The Morgan fingerprint density at radius 3 is 2.44 bits per heavy atom. The first-order valence-corrected chi connectivity index (χ1v) is 5.92. The van der Waals surface area contributed by atoms with Crippen LogP contribution in [-0.2, 0) is 13.6 Å². The quantitative estimate of drug-likeness (QED) is 0.769. The van der Waals surface area contributed by atoms with E-state index in [9.17, 15) is 5.11 Å². The molecule has 0 unspecified atom stereocenters. The van der Waals surface area contributed by atoms with Gasteiger partial charge in [-0.25, -0.2) is 0 Å². The average molecular weight is 225 g/mol. The first-order valence-electron chi connectivity index (χ1n) is 5.92. The molecule has 0 bridgehead atoms. The SMILES string of the molecule is CCC(CC)(CO)NCc1cnn(C)c1C. The highest BCUT2D eigenvalue weighted by atomic mass is 16.3. The molecule has 0 radical (unpaired) electrons. The fraction of sp³-hybridized carbons (Fsp3) is 0.750. The van der Waals surface area contributed by atoms with Crippen LogP contribution in [-0.4, -0.2) is 27.0 Å². The van der Waals surface area contributed by atoms with Gasteiger partial charge in [0.25, 0.3) is 0 Å². The van der Waals surface area contributed by atoms with Crippen molar-refractivity contribution in [1.29, 1.82) is 0 Å². The van der Waals surface area contributed by atoms with Crippen molar-refractivity contribution in [3.8, 4) is 0 Å². The maximum absolute atomic E-state index is 9.45. The molecule has 16 heavy (non-hydrogen) atoms. The molecule has 4 heteroatoms. The van der Waals surface area contributed by atoms with Crippen LogP contribution in [0.25, 0.3) is 0 Å². The summed E-state index contributed by atoms with van der Waals surface area (Å²) in [5.41, 5.74) is 2.22. The number of hydrogen-bond donors (Lipinski definition) is 2. The largest absolute Gasteiger partial charge is 0.394 e. The number of rotatable bonds is 6. The van der Waals surface area contributed by atoms with Crippen molar-refractivity contribution in [3.63, 3.8) is 0 Å². The minimum atomic E-state index is -0.151. The summed E-state index contributed by atoms with van der Waals surface area (Å²) in [7, 11) is 1.94. The second-order valence-electron chi connectivity index (χ2n) is 4.38. The van der Waals surface area contributed by atoms with E-state index in [0.29, 0.717) is 0 Å². The molecule has 0 fully saturated rings. The van der Waals surface area contributed by atoms with Gasteiger partial charge in [-0.1, -0.05) is 13.8 Å². The topological polar surface area (TPSA) is 50.1 Å². The van der Waals surface area contributed by atoms with Crippen LogP contribution in [0.3, 0.4) is 0 Å². The maximum Gasteiger partial charge on any atom is 0.0613 e. The number of nitrogens with zero attached hydrogens (tertiary/aromatic N) is 2. The molecule has 0 saturated heterocycles. The molecule has 0 saturated carbocycles. The van der Waals surface area contributed by atoms with Gasteiger partial charge in [-0.2, -0.15) is 5.10 Å². The molecule has 0 aliphatic rings. The Bertz CT molecular complexity index is 321. The third kappa shape index (κ3) is 2.62. The maximum atomic E-state index is 9.45. The molecule has 0 spiro atoms. The number of aliphatic hydroxyl groups is 1. The standard InChI is InChI=1S/C12H23N3O/c1-5-12(6-2,9-16)13-7-11-8-14-15(4)10(11)3/h8,13,16H,5-7,9H2,1-4H3. The molecule has 4 nitrogen and oxygen atoms in total. The van der Waals surface area contributed by atoms with E-state index in [1.165, 1.54) is 11.3 Å². The van der Waals surface area contributed by atoms with E-state index in [0.717, 1.165) is 19.4 Å². The molecule has 1 aromatic rings. The van der Waals surface area contributed by atoms with Gasteiger partial charge in [-0.3, -0.25) is 4.68 Å². The van der Waals surface area contributed by atoms with Gasteiger partial charge in [-0.15, -0.1) is 0 Å². The molecule has 0 aliphatic carbocycles. The van der Waals surface area contributed by atoms with E-state index in [1.54, 1.807) is 0 Å². The van der Waals surface area contributed by atoms with Crippen molar-refractivity contribution < 1.29 is 5.11 Å². The Hall–Kier alpha value is -0.870. The van der Waals surface area contributed by atoms with Crippen LogP contribution in [0.1, 0.15) is 37.9 Å². The molecular weight excluding hydrogens is 202 g/mol. The Balaban J connectivity index is 2.66. The minimum absolute atomic E-state index is 0.151. The van der Waals surface area contributed by atoms with Crippen LogP contribution in [0, 0.1) is 6.92 Å². The number of aromatic nitrogens is 2. The number of nitrogens with one attached hydrogen (secondary N) is 1. The van der Waals surface area contributed by atoms with Crippen molar-refractivity contribution in [1.82, 2.24) is 15.1 Å². The van der Waals surface area contributed by atoms with Crippen LogP contribution in [0.2, 0.25) is 0 Å². The van der Waals surface area contributed by atoms with E-state index in [1.807, 2.05) is 17.9 Å². The third-order valence-electron chi connectivity index (χ3n) is 3.65. The van der Waals surface area contributed by atoms with E-state index in [-0.39, 0.29) is 12.1 Å². The number of hydrogen-bond acceptors (Lipinski definition) is 3. The Morgan fingerprint density at radius 1 is 1.44 bits per heavy atom. The lowest BCUT2D eigenvalue weighted by molar-refractivity contribution is 0.149. The lowest BCUT2D eigenvalue weighted by atomic mass is 9.93. The van der Waals surface area contributed by atoms with Gasteiger partial charge in [0, 0.05) is 30.4 Å². The summed E-state index contributed by atoms with van der Waals surface area (Å²) in [6, 6.07) is 0. The second-order valence-corrected chi connectivity index (χ2v) is 4.38. The summed E-state index contributed by atoms with van der Waals surface area (Å²) in [6.45, 7) is 7.20. The molecule has 0 atom stereocenters. The van der Waals surface area contributed by atoms with Gasteiger partial charge in [0.2, 0.25) is 0 Å². The fourth-order valence-electron chi connectivity index (χ4n) is 1.78. The fourth-order valence-corrected chi connectivity index (χ4v) is 1.78. The Labute approximate surface area is 97.7 Å². The molecule has 1 rings (SSSR count). The van der Waals surface area contributed by atoms with Gasteiger partial charge >= 0.3 is 0 Å². The first-order chi connectivity index (χ1) is 7.58. The predicted octanol–water partition coefficient (Wildman–Crippen LogP) is 1.37. The number of aliphatic hydroxyl groups excluding tert-OH is 1. The van der Waals surface area contributed by atoms with Gasteiger partial charge in [0.05, 0.1) is 12.8 Å². The van der Waals surface area contributed by atoms with Crippen LogP contribution < -0.4 is 5.32 Å². The van der Waals surface area contributed by atoms with Crippen molar-refractivity contribution in [3.05, 3.63) is 17.5 Å². The van der Waals surface area contributed by atoms with Crippen LogP contribution >= 0.6 is 0 Å². The van der Waals surface area contributed by atoms with E-state index in [2.05, 4.69) is 31.2 Å². The van der Waals surface area contributed by atoms with Crippen molar-refractivity contribution >= 4 is 0 Å². The van der Waals surface area contributed by atoms with Crippen LogP contribution in [0.5, 0.6) is 0 Å². The van der Waals surface area contributed by atoms with Crippen molar-refractivity contribution in [2.75, 3.05) is 6.61 Å². The molecule has 92 valence electrons. The molecule has 0 aliphatic heterocycles. The summed E-state index contributed by atoms with van der Waals surface area (Å²) in [4.78, 5) is 0. The Morgan fingerprint density at radius 2 is 2.06 bits per heavy atom. The molecule has 2 N–H and O–H groups in total. The average Bonchev–Trinajstić information content (AvgIpc) is 2.63. The Kier molecular flexibility index (Phi) is 4.50. The van der Waals surface area contributed by atoms with Gasteiger partial charge in [0.15, 0.2) is 0 Å². The van der Waals surface area contributed by atoms with Gasteiger partial charge in [0.1, 0.15) is 0 Å². The first kappa shape index (κ1) is 13.2. The van der Waals surface area contributed by atoms with Crippen molar-refractivity contribution in [2.45, 2.75) is 45.7 Å². The highest BCUT2D eigenvalue weighted by Gasteiger charge is 2.24. The second kappa shape index (κ2) is 5.46. The summed E-state index contributed by atoms with van der Waals surface area (Å²) in [5.74, 6) is 0. The monoisotopic (exact) mass is 225 g/mol. The van der Waals surface area contributed by atoms with E-state index >= 15 is 0 Å². The zero-order valence-electron chi connectivity index (χ0n) is 10.7. The lowest BCUT2D eigenvalue weighted by Gasteiger charge is -2.30. The highest BCUT2D eigenvalue weighted by Crippen LogP contribution is 2.16. The zero-order valence-corrected chi connectivity index (χ0v) is 10.7. The summed E-state index contributed by atoms with van der Waals surface area (Å²) in [6.07, 6.45) is 3.74. The summed E-state index contributed by atoms with van der Waals surface area (Å²) in [5, 5.41) is 17.1. The predicted molar refractivity (Wildman–Crippen MR) is 65.2 cm³/mol. The molecule has 1 heterocycles. The lowest BCUT2D eigenvalue weighted by Crippen LogP contribution is -2.47.